The molecule has 0 radical (unpaired) electrons. The highest BCUT2D eigenvalue weighted by molar-refractivity contribution is 7.80. The van der Waals surface area contributed by atoms with E-state index in [1.807, 2.05) is 27.7 Å². The quantitative estimate of drug-likeness (QED) is 0.674. The molecule has 0 fully saturated rings. The van der Waals surface area contributed by atoms with Gasteiger partial charge in [-0.3, -0.25) is 4.55 Å². The van der Waals surface area contributed by atoms with Crippen molar-refractivity contribution in [3.63, 3.8) is 0 Å². The van der Waals surface area contributed by atoms with Crippen molar-refractivity contribution in [2.24, 2.45) is 5.92 Å². The lowest BCUT2D eigenvalue weighted by molar-refractivity contribution is -0.00762. The summed E-state index contributed by atoms with van der Waals surface area (Å²) in [4.78, 5) is 0. The van der Waals surface area contributed by atoms with E-state index in [9.17, 15) is 8.42 Å². The van der Waals surface area contributed by atoms with Gasteiger partial charge in [0, 0.05) is 0 Å². The number of hydrogen-bond acceptors (Lipinski definition) is 3. The lowest BCUT2D eigenvalue weighted by atomic mass is 9.80. The molecule has 0 rings (SSSR count). The van der Waals surface area contributed by atoms with Crippen molar-refractivity contribution in [1.82, 2.24) is 0 Å². The lowest BCUT2D eigenvalue weighted by Gasteiger charge is -2.36. The van der Waals surface area contributed by atoms with E-state index in [-0.39, 0.29) is 5.92 Å². The highest BCUT2D eigenvalue weighted by Crippen LogP contribution is 2.35. The summed E-state index contributed by atoms with van der Waals surface area (Å²) in [5.74, 6) is 0.106. The molecule has 5 heteroatoms. The topological polar surface area (TPSA) is 63.6 Å². The minimum absolute atomic E-state index is 0.106. The third-order valence-electron chi connectivity index (χ3n) is 3.13. The zero-order chi connectivity index (χ0) is 12.8. The van der Waals surface area contributed by atoms with Crippen molar-refractivity contribution in [3.8, 4) is 0 Å². The summed E-state index contributed by atoms with van der Waals surface area (Å²) in [6.07, 6.45) is 3.79. The molecule has 1 unspecified atom stereocenters. The number of rotatable bonds is 8. The third kappa shape index (κ3) is 4.80. The van der Waals surface area contributed by atoms with Crippen LogP contribution < -0.4 is 0 Å². The van der Waals surface area contributed by atoms with Gasteiger partial charge in [0.25, 0.3) is 0 Å². The van der Waals surface area contributed by atoms with Crippen LogP contribution in [0.3, 0.4) is 0 Å². The van der Waals surface area contributed by atoms with Gasteiger partial charge in [-0.2, -0.15) is 8.42 Å². The second-order valence-corrected chi connectivity index (χ2v) is 5.41. The lowest BCUT2D eigenvalue weighted by Crippen LogP contribution is -2.41. The molecule has 0 aromatic carbocycles. The summed E-state index contributed by atoms with van der Waals surface area (Å²) in [7, 11) is -4.38. The van der Waals surface area contributed by atoms with Crippen LogP contribution in [0.25, 0.3) is 0 Å². The smallest absolute Gasteiger partial charge is 0.264 e. The Morgan fingerprint density at radius 2 is 1.62 bits per heavy atom. The van der Waals surface area contributed by atoms with E-state index < -0.39 is 16.0 Å². The van der Waals surface area contributed by atoms with Gasteiger partial charge in [0.2, 0.25) is 0 Å². The number of hydrogen-bond donors (Lipinski definition) is 1. The molecule has 0 saturated carbocycles. The Morgan fingerprint density at radius 3 is 1.88 bits per heavy atom. The molecule has 0 aromatic heterocycles. The maximum Gasteiger partial charge on any atom is 0.397 e. The molecule has 0 aliphatic rings. The molecular weight excluding hydrogens is 228 g/mol. The Balaban J connectivity index is 5.07. The molecule has 1 N–H and O–H groups in total. The first kappa shape index (κ1) is 15.9. The van der Waals surface area contributed by atoms with Crippen LogP contribution in [0.2, 0.25) is 0 Å². The summed E-state index contributed by atoms with van der Waals surface area (Å²) in [6.45, 7) is 7.94. The van der Waals surface area contributed by atoms with E-state index in [1.165, 1.54) is 0 Å². The molecule has 0 spiro atoms. The zero-order valence-corrected chi connectivity index (χ0v) is 11.5. The van der Waals surface area contributed by atoms with Crippen LogP contribution in [0, 0.1) is 5.92 Å². The van der Waals surface area contributed by atoms with E-state index in [4.69, 9.17) is 8.74 Å². The Bertz CT molecular complexity index is 278. The zero-order valence-electron chi connectivity index (χ0n) is 10.7. The first-order valence-corrected chi connectivity index (χ1v) is 7.35. The van der Waals surface area contributed by atoms with Crippen LogP contribution in [-0.2, 0) is 14.6 Å². The predicted molar refractivity (Wildman–Crippen MR) is 64.6 cm³/mol. The van der Waals surface area contributed by atoms with E-state index >= 15 is 0 Å². The first-order valence-electron chi connectivity index (χ1n) is 5.99. The summed E-state index contributed by atoms with van der Waals surface area (Å²) < 4.78 is 35.8. The van der Waals surface area contributed by atoms with Crippen LogP contribution >= 0.6 is 0 Å². The van der Waals surface area contributed by atoms with Crippen LogP contribution in [-0.4, -0.2) is 18.6 Å². The van der Waals surface area contributed by atoms with E-state index in [2.05, 4.69) is 0 Å². The molecule has 16 heavy (non-hydrogen) atoms. The maximum atomic E-state index is 11.0. The van der Waals surface area contributed by atoms with Gasteiger partial charge in [-0.15, -0.1) is 0 Å². The van der Waals surface area contributed by atoms with Gasteiger partial charge in [0.1, 0.15) is 0 Å². The Kier molecular flexibility index (Phi) is 6.51. The van der Waals surface area contributed by atoms with Crippen molar-refractivity contribution in [2.45, 2.75) is 65.4 Å². The van der Waals surface area contributed by atoms with Gasteiger partial charge in [-0.1, -0.05) is 47.0 Å². The van der Waals surface area contributed by atoms with E-state index in [0.717, 1.165) is 19.3 Å². The fraction of sp³-hybridized carbons (Fsp3) is 1.00. The minimum Gasteiger partial charge on any atom is -0.264 e. The monoisotopic (exact) mass is 252 g/mol. The van der Waals surface area contributed by atoms with Gasteiger partial charge < -0.3 is 0 Å². The van der Waals surface area contributed by atoms with Crippen molar-refractivity contribution in [2.75, 3.05) is 0 Å². The summed E-state index contributed by atoms with van der Waals surface area (Å²) in [5.41, 5.74) is -0.744. The van der Waals surface area contributed by atoms with Gasteiger partial charge in [-0.25, -0.2) is 4.18 Å². The van der Waals surface area contributed by atoms with Gasteiger partial charge in [0.05, 0.1) is 5.60 Å². The fourth-order valence-corrected chi connectivity index (χ4v) is 2.96. The standard InChI is InChI=1S/C11H24O4S/c1-5-8-11(9-6-2,10(4)7-3)15-16(12,13)14/h10H,5-9H2,1-4H3,(H,12,13,14). The third-order valence-corrected chi connectivity index (χ3v) is 3.67. The average molecular weight is 252 g/mol. The molecule has 4 nitrogen and oxygen atoms in total. The highest BCUT2D eigenvalue weighted by Gasteiger charge is 2.38. The average Bonchev–Trinajstić information content (AvgIpc) is 2.14. The molecule has 0 bridgehead atoms. The van der Waals surface area contributed by atoms with Crippen LogP contribution in [0.4, 0.5) is 0 Å². The van der Waals surface area contributed by atoms with Crippen molar-refractivity contribution >= 4 is 10.4 Å². The maximum absolute atomic E-state index is 11.0. The molecule has 0 saturated heterocycles. The van der Waals surface area contributed by atoms with Crippen molar-refractivity contribution in [1.29, 1.82) is 0 Å². The van der Waals surface area contributed by atoms with Gasteiger partial charge in [-0.05, 0) is 18.8 Å². The molecule has 98 valence electrons. The largest absolute Gasteiger partial charge is 0.397 e. The second kappa shape index (κ2) is 6.57. The highest BCUT2D eigenvalue weighted by atomic mass is 32.3. The Morgan fingerprint density at radius 1 is 1.19 bits per heavy atom. The fourth-order valence-electron chi connectivity index (χ4n) is 2.21. The Hall–Kier alpha value is -0.130. The molecule has 0 aliphatic heterocycles. The van der Waals surface area contributed by atoms with Crippen LogP contribution in [0.5, 0.6) is 0 Å². The minimum atomic E-state index is -4.38. The summed E-state index contributed by atoms with van der Waals surface area (Å²) in [6, 6.07) is 0. The van der Waals surface area contributed by atoms with Crippen molar-refractivity contribution in [3.05, 3.63) is 0 Å². The molecular formula is C11H24O4S. The summed E-state index contributed by atoms with van der Waals surface area (Å²) >= 11 is 0. The second-order valence-electron chi connectivity index (χ2n) is 4.39. The van der Waals surface area contributed by atoms with Crippen molar-refractivity contribution < 1.29 is 17.2 Å². The van der Waals surface area contributed by atoms with Gasteiger partial charge >= 0.3 is 10.4 Å². The molecule has 0 aliphatic carbocycles. The van der Waals surface area contributed by atoms with E-state index in [0.29, 0.717) is 12.8 Å². The first-order chi connectivity index (χ1) is 7.31. The van der Waals surface area contributed by atoms with E-state index in [1.54, 1.807) is 0 Å². The molecule has 0 aromatic rings. The normalized spacial score (nSPS) is 15.1. The Labute approximate surface area is 99.3 Å². The SMILES string of the molecule is CCCC(CCC)(OS(=O)(=O)O)C(C)CC. The van der Waals surface area contributed by atoms with Crippen LogP contribution in [0.1, 0.15) is 59.8 Å². The predicted octanol–water partition coefficient (Wildman–Crippen LogP) is 3.19. The van der Waals surface area contributed by atoms with Gasteiger partial charge in [0.15, 0.2) is 0 Å². The van der Waals surface area contributed by atoms with Crippen LogP contribution in [0.15, 0.2) is 0 Å². The summed E-state index contributed by atoms with van der Waals surface area (Å²) in [5, 5.41) is 0. The molecule has 0 heterocycles. The molecule has 0 amide bonds. The molecule has 1 atom stereocenters.